The maximum atomic E-state index is 4.53. The summed E-state index contributed by atoms with van der Waals surface area (Å²) in [5.41, 5.74) is 1.41. The summed E-state index contributed by atoms with van der Waals surface area (Å²) in [4.78, 5) is 0. The molecular formula is C12H20N4. The molecule has 0 aliphatic carbocycles. The lowest BCUT2D eigenvalue weighted by Crippen LogP contribution is -2.31. The minimum Gasteiger partial charge on any atom is -0.316 e. The van der Waals surface area contributed by atoms with Crippen LogP contribution in [0.5, 0.6) is 0 Å². The highest BCUT2D eigenvalue weighted by Crippen LogP contribution is 2.24. The molecule has 1 aromatic rings. The Hall–Kier alpha value is -0.870. The van der Waals surface area contributed by atoms with E-state index in [0.717, 1.165) is 26.2 Å². The molecule has 2 fully saturated rings. The zero-order chi connectivity index (χ0) is 10.8. The zero-order valence-electron chi connectivity index (χ0n) is 9.65. The number of hydrogen-bond donors (Lipinski definition) is 2. The number of hydrogen-bond acceptors (Lipinski definition) is 3. The smallest absolute Gasteiger partial charge is 0.0644 e. The van der Waals surface area contributed by atoms with Gasteiger partial charge >= 0.3 is 0 Å². The fourth-order valence-corrected chi connectivity index (χ4v) is 2.76. The first-order valence-electron chi connectivity index (χ1n) is 6.39. The second kappa shape index (κ2) is 4.55. The Bertz CT molecular complexity index is 335. The molecule has 0 aromatic carbocycles. The first-order chi connectivity index (χ1) is 7.93. The molecule has 2 aliphatic rings. The number of rotatable bonds is 2. The summed E-state index contributed by atoms with van der Waals surface area (Å²) in [7, 11) is 0. The molecule has 0 spiro atoms. The average Bonchev–Trinajstić information content (AvgIpc) is 3.01. The molecule has 88 valence electrons. The monoisotopic (exact) mass is 220 g/mol. The van der Waals surface area contributed by atoms with Gasteiger partial charge in [-0.2, -0.15) is 5.10 Å². The molecule has 2 aliphatic heterocycles. The minimum atomic E-state index is 0.567. The van der Waals surface area contributed by atoms with E-state index < -0.39 is 0 Å². The molecule has 4 nitrogen and oxygen atoms in total. The van der Waals surface area contributed by atoms with E-state index in [1.54, 1.807) is 0 Å². The van der Waals surface area contributed by atoms with Crippen LogP contribution in [-0.2, 0) is 0 Å². The zero-order valence-corrected chi connectivity index (χ0v) is 9.65. The summed E-state index contributed by atoms with van der Waals surface area (Å²) in [5, 5.41) is 11.4. The molecule has 0 amide bonds. The summed E-state index contributed by atoms with van der Waals surface area (Å²) in [6.07, 6.45) is 8.11. The Morgan fingerprint density at radius 1 is 1.19 bits per heavy atom. The average molecular weight is 220 g/mol. The summed E-state index contributed by atoms with van der Waals surface area (Å²) >= 11 is 0. The van der Waals surface area contributed by atoms with Gasteiger partial charge in [-0.15, -0.1) is 0 Å². The lowest BCUT2D eigenvalue weighted by molar-refractivity contribution is 0.346. The van der Waals surface area contributed by atoms with E-state index in [1.807, 2.05) is 0 Å². The normalized spacial score (nSPS) is 30.8. The topological polar surface area (TPSA) is 41.9 Å². The van der Waals surface area contributed by atoms with Crippen LogP contribution in [0, 0.1) is 0 Å². The van der Waals surface area contributed by atoms with Crippen molar-refractivity contribution in [2.24, 2.45) is 0 Å². The van der Waals surface area contributed by atoms with Gasteiger partial charge in [0.15, 0.2) is 0 Å². The van der Waals surface area contributed by atoms with Crippen LogP contribution < -0.4 is 10.6 Å². The van der Waals surface area contributed by atoms with Crippen LogP contribution >= 0.6 is 0 Å². The molecule has 16 heavy (non-hydrogen) atoms. The molecule has 2 atom stereocenters. The quantitative estimate of drug-likeness (QED) is 0.777. The van der Waals surface area contributed by atoms with Gasteiger partial charge in [0, 0.05) is 25.2 Å². The van der Waals surface area contributed by atoms with E-state index in [4.69, 9.17) is 0 Å². The van der Waals surface area contributed by atoms with Gasteiger partial charge in [-0.25, -0.2) is 0 Å². The summed E-state index contributed by atoms with van der Waals surface area (Å²) in [5.74, 6) is 0.685. The Balaban J connectivity index is 1.71. The third-order valence-corrected chi connectivity index (χ3v) is 3.80. The van der Waals surface area contributed by atoms with Crippen LogP contribution in [0.1, 0.15) is 36.8 Å². The highest BCUT2D eigenvalue weighted by Gasteiger charge is 2.20. The number of piperidine rings is 1. The van der Waals surface area contributed by atoms with Crippen molar-refractivity contribution in [1.82, 2.24) is 20.4 Å². The standard InChI is InChI=1S/C12H20N4/c1-2-12(8-13-4-1)16-9-11(7-15-16)10-3-5-14-6-10/h7,9-10,12-14H,1-6,8H2. The van der Waals surface area contributed by atoms with Gasteiger partial charge in [0.05, 0.1) is 12.2 Å². The predicted molar refractivity (Wildman–Crippen MR) is 63.6 cm³/mol. The minimum absolute atomic E-state index is 0.567. The fraction of sp³-hybridized carbons (Fsp3) is 0.750. The van der Waals surface area contributed by atoms with Crippen molar-refractivity contribution < 1.29 is 0 Å². The van der Waals surface area contributed by atoms with E-state index in [-0.39, 0.29) is 0 Å². The Labute approximate surface area is 96.4 Å². The second-order valence-corrected chi connectivity index (χ2v) is 4.94. The maximum absolute atomic E-state index is 4.53. The molecule has 0 saturated carbocycles. The molecule has 0 radical (unpaired) electrons. The van der Waals surface area contributed by atoms with Gasteiger partial charge in [0.2, 0.25) is 0 Å². The lowest BCUT2D eigenvalue weighted by atomic mass is 10.0. The summed E-state index contributed by atoms with van der Waals surface area (Å²) < 4.78 is 2.17. The van der Waals surface area contributed by atoms with Crippen molar-refractivity contribution in [2.75, 3.05) is 26.2 Å². The van der Waals surface area contributed by atoms with Gasteiger partial charge in [-0.05, 0) is 37.9 Å². The third-order valence-electron chi connectivity index (χ3n) is 3.80. The SMILES string of the molecule is c1nn(C2CCCNC2)cc1C1CCNC1. The molecule has 4 heteroatoms. The number of nitrogens with zero attached hydrogens (tertiary/aromatic N) is 2. The van der Waals surface area contributed by atoms with E-state index in [0.29, 0.717) is 12.0 Å². The molecule has 0 bridgehead atoms. The first kappa shape index (κ1) is 10.3. The van der Waals surface area contributed by atoms with Gasteiger partial charge in [0.1, 0.15) is 0 Å². The largest absolute Gasteiger partial charge is 0.316 e. The van der Waals surface area contributed by atoms with Crippen LogP contribution in [0.3, 0.4) is 0 Å². The highest BCUT2D eigenvalue weighted by molar-refractivity contribution is 5.14. The molecule has 2 unspecified atom stereocenters. The first-order valence-corrected chi connectivity index (χ1v) is 6.39. The molecule has 2 N–H and O–H groups in total. The Morgan fingerprint density at radius 3 is 2.88 bits per heavy atom. The van der Waals surface area contributed by atoms with Crippen LogP contribution in [0.15, 0.2) is 12.4 Å². The lowest BCUT2D eigenvalue weighted by Gasteiger charge is -2.23. The van der Waals surface area contributed by atoms with Crippen LogP contribution in [-0.4, -0.2) is 36.0 Å². The molecule has 3 heterocycles. The van der Waals surface area contributed by atoms with Crippen LogP contribution in [0.25, 0.3) is 0 Å². The fourth-order valence-electron chi connectivity index (χ4n) is 2.76. The van der Waals surface area contributed by atoms with E-state index in [9.17, 15) is 0 Å². The van der Waals surface area contributed by atoms with Crippen molar-refractivity contribution in [3.05, 3.63) is 18.0 Å². The third kappa shape index (κ3) is 1.99. The van der Waals surface area contributed by atoms with Crippen LogP contribution in [0.4, 0.5) is 0 Å². The molecular weight excluding hydrogens is 200 g/mol. The number of aromatic nitrogens is 2. The molecule has 3 rings (SSSR count). The van der Waals surface area contributed by atoms with Crippen LogP contribution in [0.2, 0.25) is 0 Å². The predicted octanol–water partition coefficient (Wildman–Crippen LogP) is 0.884. The van der Waals surface area contributed by atoms with Crippen molar-refractivity contribution in [2.45, 2.75) is 31.2 Å². The van der Waals surface area contributed by atoms with Crippen molar-refractivity contribution >= 4 is 0 Å². The van der Waals surface area contributed by atoms with Crippen molar-refractivity contribution in [3.63, 3.8) is 0 Å². The van der Waals surface area contributed by atoms with E-state index in [2.05, 4.69) is 32.8 Å². The van der Waals surface area contributed by atoms with E-state index in [1.165, 1.54) is 24.8 Å². The summed E-state index contributed by atoms with van der Waals surface area (Å²) in [6, 6.07) is 0.567. The Morgan fingerprint density at radius 2 is 2.12 bits per heavy atom. The second-order valence-electron chi connectivity index (χ2n) is 4.94. The van der Waals surface area contributed by atoms with Gasteiger partial charge in [-0.3, -0.25) is 4.68 Å². The van der Waals surface area contributed by atoms with Crippen molar-refractivity contribution in [3.8, 4) is 0 Å². The maximum Gasteiger partial charge on any atom is 0.0644 e. The van der Waals surface area contributed by atoms with Crippen molar-refractivity contribution in [1.29, 1.82) is 0 Å². The Kier molecular flexibility index (Phi) is 2.93. The van der Waals surface area contributed by atoms with Gasteiger partial charge in [0.25, 0.3) is 0 Å². The molecule has 2 saturated heterocycles. The van der Waals surface area contributed by atoms with E-state index >= 15 is 0 Å². The van der Waals surface area contributed by atoms with Gasteiger partial charge < -0.3 is 10.6 Å². The molecule has 1 aromatic heterocycles. The highest BCUT2D eigenvalue weighted by atomic mass is 15.3. The number of nitrogens with one attached hydrogen (secondary N) is 2. The van der Waals surface area contributed by atoms with Gasteiger partial charge in [-0.1, -0.05) is 0 Å². The summed E-state index contributed by atoms with van der Waals surface area (Å²) in [6.45, 7) is 4.51.